The van der Waals surface area contributed by atoms with Crippen LogP contribution in [0.2, 0.25) is 5.02 Å². The molecule has 136 valence electrons. The van der Waals surface area contributed by atoms with E-state index >= 15 is 0 Å². The molecule has 0 amide bonds. The molecule has 1 saturated heterocycles. The molecule has 1 N–H and O–H groups in total. The fourth-order valence-electron chi connectivity index (χ4n) is 3.61. The minimum absolute atomic E-state index is 0.704. The maximum atomic E-state index is 6.07. The molecule has 4 aromatic rings. The summed E-state index contributed by atoms with van der Waals surface area (Å²) in [5.41, 5.74) is 2.74. The van der Waals surface area contributed by atoms with Gasteiger partial charge < -0.3 is 10.2 Å². The first kappa shape index (κ1) is 16.5. The van der Waals surface area contributed by atoms with Crippen molar-refractivity contribution >= 4 is 34.1 Å². The smallest absolute Gasteiger partial charge is 0.213 e. The lowest BCUT2D eigenvalue weighted by Crippen LogP contribution is -2.30. The highest BCUT2D eigenvalue weighted by Crippen LogP contribution is 2.29. The van der Waals surface area contributed by atoms with Gasteiger partial charge in [-0.2, -0.15) is 0 Å². The zero-order valence-electron chi connectivity index (χ0n) is 14.8. The van der Waals surface area contributed by atoms with E-state index in [0.29, 0.717) is 5.02 Å². The third kappa shape index (κ3) is 2.91. The highest BCUT2D eigenvalue weighted by atomic mass is 35.5. The van der Waals surface area contributed by atoms with Gasteiger partial charge >= 0.3 is 0 Å². The fraction of sp³-hybridized carbons (Fsp3) is 0.250. The number of nitrogens with one attached hydrogen (secondary N) is 1. The first-order valence-corrected chi connectivity index (χ1v) is 9.54. The Balaban J connectivity index is 1.79. The van der Waals surface area contributed by atoms with Crippen LogP contribution in [-0.2, 0) is 0 Å². The number of benzene rings is 2. The first-order valence-electron chi connectivity index (χ1n) is 9.17. The molecule has 1 aliphatic rings. The van der Waals surface area contributed by atoms with Gasteiger partial charge in [-0.1, -0.05) is 23.7 Å². The lowest BCUT2D eigenvalue weighted by Gasteiger charge is -2.23. The zero-order chi connectivity index (χ0) is 18.2. The van der Waals surface area contributed by atoms with Crippen LogP contribution in [0.3, 0.4) is 0 Å². The van der Waals surface area contributed by atoms with Gasteiger partial charge in [-0.25, -0.2) is 9.38 Å². The van der Waals surface area contributed by atoms with Crippen LogP contribution in [0, 0.1) is 0 Å². The van der Waals surface area contributed by atoms with Crippen LogP contribution in [0.1, 0.15) is 6.42 Å². The van der Waals surface area contributed by atoms with Crippen molar-refractivity contribution in [3.05, 3.63) is 53.6 Å². The summed E-state index contributed by atoms with van der Waals surface area (Å²) in [7, 11) is 0. The van der Waals surface area contributed by atoms with Crippen LogP contribution in [0.25, 0.3) is 27.9 Å². The highest BCUT2D eigenvalue weighted by Gasteiger charge is 2.21. The monoisotopic (exact) mass is 378 g/mol. The van der Waals surface area contributed by atoms with E-state index in [2.05, 4.69) is 24.8 Å². The highest BCUT2D eigenvalue weighted by molar-refractivity contribution is 6.30. The van der Waals surface area contributed by atoms with Crippen molar-refractivity contribution < 1.29 is 0 Å². The van der Waals surface area contributed by atoms with E-state index < -0.39 is 0 Å². The number of hydrogen-bond acceptors (Lipinski definition) is 5. The molecule has 2 aromatic carbocycles. The molecule has 0 atom stereocenters. The summed E-state index contributed by atoms with van der Waals surface area (Å²) < 4.78 is 2.08. The number of hydrogen-bond donors (Lipinski definition) is 1. The van der Waals surface area contributed by atoms with Crippen molar-refractivity contribution in [3.63, 3.8) is 0 Å². The third-order valence-electron chi connectivity index (χ3n) is 4.95. The minimum atomic E-state index is 0.704. The van der Waals surface area contributed by atoms with Gasteiger partial charge in [0.15, 0.2) is 11.5 Å². The largest absolute Gasteiger partial charge is 0.341 e. The Labute approximate surface area is 161 Å². The average molecular weight is 379 g/mol. The molecule has 1 aliphatic heterocycles. The molecule has 3 heterocycles. The zero-order valence-corrected chi connectivity index (χ0v) is 15.5. The van der Waals surface area contributed by atoms with E-state index in [4.69, 9.17) is 16.6 Å². The van der Waals surface area contributed by atoms with Gasteiger partial charge in [0.2, 0.25) is 5.95 Å². The standard InChI is InChI=1S/C20H19ClN6/c21-15-8-6-14(7-9-15)18-24-25-19-16-4-1-2-5-17(16)23-20(27(18)19)26-12-3-10-22-11-13-26/h1-2,4-9,22H,3,10-13H2. The maximum Gasteiger partial charge on any atom is 0.213 e. The normalized spacial score (nSPS) is 15.4. The summed E-state index contributed by atoms with van der Waals surface area (Å²) >= 11 is 6.07. The van der Waals surface area contributed by atoms with E-state index in [1.165, 1.54) is 0 Å². The van der Waals surface area contributed by atoms with Crippen molar-refractivity contribution in [1.29, 1.82) is 0 Å². The van der Waals surface area contributed by atoms with E-state index in [-0.39, 0.29) is 0 Å². The Morgan fingerprint density at radius 2 is 1.78 bits per heavy atom. The van der Waals surface area contributed by atoms with Crippen molar-refractivity contribution in [2.24, 2.45) is 0 Å². The Kier molecular flexibility index (Phi) is 4.14. The third-order valence-corrected chi connectivity index (χ3v) is 5.21. The Hall–Kier alpha value is -2.70. The molecule has 5 rings (SSSR count). The molecule has 0 spiro atoms. The Morgan fingerprint density at radius 1 is 0.926 bits per heavy atom. The molecule has 0 aliphatic carbocycles. The summed E-state index contributed by atoms with van der Waals surface area (Å²) in [4.78, 5) is 7.32. The topological polar surface area (TPSA) is 58.4 Å². The second kappa shape index (κ2) is 6.79. The lowest BCUT2D eigenvalue weighted by atomic mass is 10.2. The molecule has 27 heavy (non-hydrogen) atoms. The first-order chi connectivity index (χ1) is 13.3. The number of rotatable bonds is 2. The molecule has 2 aromatic heterocycles. The van der Waals surface area contributed by atoms with Crippen molar-refractivity contribution in [2.45, 2.75) is 6.42 Å². The Morgan fingerprint density at radius 3 is 2.67 bits per heavy atom. The summed E-state index contributed by atoms with van der Waals surface area (Å²) in [6.07, 6.45) is 1.08. The molecular formula is C20H19ClN6. The fourth-order valence-corrected chi connectivity index (χ4v) is 3.74. The predicted octanol–water partition coefficient (Wildman–Crippen LogP) is 3.40. The van der Waals surface area contributed by atoms with Crippen LogP contribution in [-0.4, -0.2) is 45.8 Å². The SMILES string of the molecule is Clc1ccc(-c2nnc3c4ccccc4nc(N4CCCNCC4)n23)cc1. The molecule has 6 nitrogen and oxygen atoms in total. The quantitative estimate of drug-likeness (QED) is 0.579. The summed E-state index contributed by atoms with van der Waals surface area (Å²) in [6.45, 7) is 3.82. The minimum Gasteiger partial charge on any atom is -0.341 e. The number of halogens is 1. The van der Waals surface area contributed by atoms with Gasteiger partial charge in [0.1, 0.15) is 0 Å². The van der Waals surface area contributed by atoms with Crippen molar-refractivity contribution in [2.75, 3.05) is 31.1 Å². The number of aromatic nitrogens is 4. The molecule has 7 heteroatoms. The number of anilines is 1. The summed E-state index contributed by atoms with van der Waals surface area (Å²) in [5, 5.41) is 14.2. The van der Waals surface area contributed by atoms with Gasteiger partial charge in [0, 0.05) is 35.6 Å². The number of para-hydroxylation sites is 1. The molecule has 0 saturated carbocycles. The van der Waals surface area contributed by atoms with E-state index in [1.54, 1.807) is 0 Å². The predicted molar refractivity (Wildman–Crippen MR) is 108 cm³/mol. The lowest BCUT2D eigenvalue weighted by molar-refractivity contribution is 0.724. The Bertz CT molecular complexity index is 1100. The summed E-state index contributed by atoms with van der Waals surface area (Å²) in [6, 6.07) is 15.8. The van der Waals surface area contributed by atoms with Crippen LogP contribution in [0.15, 0.2) is 48.5 Å². The van der Waals surface area contributed by atoms with Gasteiger partial charge in [-0.3, -0.25) is 0 Å². The van der Waals surface area contributed by atoms with Crippen molar-refractivity contribution in [1.82, 2.24) is 24.9 Å². The van der Waals surface area contributed by atoms with Gasteiger partial charge in [0.25, 0.3) is 0 Å². The summed E-state index contributed by atoms with van der Waals surface area (Å²) in [5.74, 6) is 1.68. The van der Waals surface area contributed by atoms with Gasteiger partial charge in [-0.15, -0.1) is 10.2 Å². The molecule has 1 fully saturated rings. The molecular weight excluding hydrogens is 360 g/mol. The number of fused-ring (bicyclic) bond motifs is 3. The second-order valence-corrected chi connectivity index (χ2v) is 7.15. The van der Waals surface area contributed by atoms with Gasteiger partial charge in [0.05, 0.1) is 5.52 Å². The van der Waals surface area contributed by atoms with E-state index in [1.807, 2.05) is 48.5 Å². The van der Waals surface area contributed by atoms with Gasteiger partial charge in [-0.05, 0) is 49.4 Å². The maximum absolute atomic E-state index is 6.07. The van der Waals surface area contributed by atoms with Crippen molar-refractivity contribution in [3.8, 4) is 11.4 Å². The molecule has 0 radical (unpaired) electrons. The van der Waals surface area contributed by atoms with Crippen LogP contribution in [0.4, 0.5) is 5.95 Å². The molecule has 0 bridgehead atoms. The van der Waals surface area contributed by atoms with Crippen LogP contribution in [0.5, 0.6) is 0 Å². The van der Waals surface area contributed by atoms with E-state index in [9.17, 15) is 0 Å². The van der Waals surface area contributed by atoms with Crippen LogP contribution < -0.4 is 10.2 Å². The van der Waals surface area contributed by atoms with Crippen LogP contribution >= 0.6 is 11.6 Å². The molecule has 0 unspecified atom stereocenters. The van der Waals surface area contributed by atoms with E-state index in [0.717, 1.165) is 66.5 Å². The average Bonchev–Trinajstić information content (AvgIpc) is 2.96. The second-order valence-electron chi connectivity index (χ2n) is 6.71. The number of nitrogens with zero attached hydrogens (tertiary/aromatic N) is 5.